The van der Waals surface area contributed by atoms with Gasteiger partial charge in [0.1, 0.15) is 11.6 Å². The molecule has 2 aromatic rings. The number of benzene rings is 2. The third-order valence-electron chi connectivity index (χ3n) is 4.35. The number of carbonyl (C=O) groups excluding carboxylic acids is 2. The molecule has 0 aliphatic carbocycles. The maximum atomic E-state index is 13.3. The van der Waals surface area contributed by atoms with Gasteiger partial charge in [-0.15, -0.1) is 0 Å². The van der Waals surface area contributed by atoms with E-state index in [2.05, 4.69) is 10.2 Å². The maximum absolute atomic E-state index is 13.3. The molecule has 0 unspecified atom stereocenters. The van der Waals surface area contributed by atoms with E-state index in [1.807, 2.05) is 12.1 Å². The summed E-state index contributed by atoms with van der Waals surface area (Å²) in [5.41, 5.74) is 1.67. The summed E-state index contributed by atoms with van der Waals surface area (Å²) in [6, 6.07) is 11.0. The van der Waals surface area contributed by atoms with Crippen LogP contribution in [0.4, 0.5) is 15.8 Å². The van der Waals surface area contributed by atoms with Crippen molar-refractivity contribution in [2.24, 2.45) is 0 Å². The van der Waals surface area contributed by atoms with Gasteiger partial charge < -0.3 is 19.9 Å². The third-order valence-corrected chi connectivity index (χ3v) is 4.35. The Morgan fingerprint density at radius 2 is 1.92 bits per heavy atom. The highest BCUT2D eigenvalue weighted by atomic mass is 19.1. The summed E-state index contributed by atoms with van der Waals surface area (Å²) in [6.07, 6.45) is 0.857. The molecule has 0 atom stereocenters. The van der Waals surface area contributed by atoms with Gasteiger partial charge in [0.05, 0.1) is 12.8 Å². The molecule has 2 aromatic carbocycles. The van der Waals surface area contributed by atoms with E-state index in [1.165, 1.54) is 25.3 Å². The van der Waals surface area contributed by atoms with Crippen molar-refractivity contribution in [1.82, 2.24) is 4.90 Å². The number of piperazine rings is 1. The molecule has 1 heterocycles. The molecule has 1 N–H and O–H groups in total. The topological polar surface area (TPSA) is 61.9 Å². The minimum absolute atomic E-state index is 0.233. The van der Waals surface area contributed by atoms with Crippen molar-refractivity contribution in [1.29, 1.82) is 0 Å². The highest BCUT2D eigenvalue weighted by Gasteiger charge is 2.18. The molecule has 7 heteroatoms. The zero-order valence-corrected chi connectivity index (χ0v) is 14.4. The monoisotopic (exact) mass is 357 g/mol. The fraction of sp³-hybridized carbons (Fsp3) is 0.263. The second kappa shape index (κ2) is 7.86. The summed E-state index contributed by atoms with van der Waals surface area (Å²) in [6.45, 7) is 2.73. The summed E-state index contributed by atoms with van der Waals surface area (Å²) in [5, 5.41) is 2.78. The zero-order chi connectivity index (χ0) is 18.5. The van der Waals surface area contributed by atoms with Gasteiger partial charge in [-0.3, -0.25) is 9.59 Å². The van der Waals surface area contributed by atoms with E-state index in [1.54, 1.807) is 17.0 Å². The van der Waals surface area contributed by atoms with Crippen LogP contribution in [0.3, 0.4) is 0 Å². The van der Waals surface area contributed by atoms with Gasteiger partial charge in [-0.2, -0.15) is 0 Å². The molecule has 0 radical (unpaired) electrons. The fourth-order valence-electron chi connectivity index (χ4n) is 2.90. The Morgan fingerprint density at radius 1 is 1.15 bits per heavy atom. The second-order valence-electron chi connectivity index (χ2n) is 5.98. The molecule has 26 heavy (non-hydrogen) atoms. The molecule has 0 spiro atoms. The number of nitrogens with zero attached hydrogens (tertiary/aromatic N) is 2. The van der Waals surface area contributed by atoms with E-state index in [-0.39, 0.29) is 5.56 Å². The number of ether oxygens (including phenoxy) is 1. The first-order valence-electron chi connectivity index (χ1n) is 8.30. The Morgan fingerprint density at radius 3 is 2.58 bits per heavy atom. The molecular weight excluding hydrogens is 337 g/mol. The van der Waals surface area contributed by atoms with Crippen LogP contribution in [0.5, 0.6) is 5.75 Å². The van der Waals surface area contributed by atoms with E-state index in [0.29, 0.717) is 37.6 Å². The van der Waals surface area contributed by atoms with Crippen LogP contribution in [0.2, 0.25) is 0 Å². The predicted molar refractivity (Wildman–Crippen MR) is 97.2 cm³/mol. The van der Waals surface area contributed by atoms with Crippen molar-refractivity contribution in [3.05, 3.63) is 53.8 Å². The summed E-state index contributed by atoms with van der Waals surface area (Å²) >= 11 is 0. The number of carbonyl (C=O) groups is 2. The highest BCUT2D eigenvalue weighted by molar-refractivity contribution is 6.05. The van der Waals surface area contributed by atoms with Gasteiger partial charge in [0.15, 0.2) is 0 Å². The van der Waals surface area contributed by atoms with Gasteiger partial charge in [0.25, 0.3) is 5.91 Å². The van der Waals surface area contributed by atoms with Crippen molar-refractivity contribution in [3.8, 4) is 5.75 Å². The first-order valence-corrected chi connectivity index (χ1v) is 8.30. The minimum Gasteiger partial charge on any atom is -0.495 e. The average molecular weight is 357 g/mol. The van der Waals surface area contributed by atoms with Crippen LogP contribution in [0, 0.1) is 5.82 Å². The van der Waals surface area contributed by atoms with E-state index < -0.39 is 11.7 Å². The van der Waals surface area contributed by atoms with Crippen molar-refractivity contribution in [2.45, 2.75) is 0 Å². The normalized spacial score (nSPS) is 14.1. The van der Waals surface area contributed by atoms with Crippen LogP contribution < -0.4 is 15.0 Å². The molecule has 1 fully saturated rings. The molecule has 0 aromatic heterocycles. The molecule has 0 saturated carbocycles. The SMILES string of the molecule is COc1ccc(N2CCN(C=O)CC2)cc1NC(=O)c1cccc(F)c1. The van der Waals surface area contributed by atoms with Crippen molar-refractivity contribution in [3.63, 3.8) is 0 Å². The van der Waals surface area contributed by atoms with Crippen molar-refractivity contribution >= 4 is 23.7 Å². The highest BCUT2D eigenvalue weighted by Crippen LogP contribution is 2.30. The van der Waals surface area contributed by atoms with Crippen molar-refractivity contribution in [2.75, 3.05) is 43.5 Å². The number of halogens is 1. The minimum atomic E-state index is -0.466. The number of rotatable bonds is 5. The summed E-state index contributed by atoms with van der Waals surface area (Å²) < 4.78 is 18.7. The fourth-order valence-corrected chi connectivity index (χ4v) is 2.90. The lowest BCUT2D eigenvalue weighted by Gasteiger charge is -2.34. The maximum Gasteiger partial charge on any atom is 0.255 e. The van der Waals surface area contributed by atoms with E-state index >= 15 is 0 Å². The van der Waals surface area contributed by atoms with Crippen LogP contribution in [0.15, 0.2) is 42.5 Å². The number of anilines is 2. The Bertz CT molecular complexity index is 804. The Kier molecular flexibility index (Phi) is 5.36. The van der Waals surface area contributed by atoms with Gasteiger partial charge in [0.2, 0.25) is 6.41 Å². The standard InChI is InChI=1S/C19H20FN3O3/c1-26-18-6-5-16(23-9-7-22(13-24)8-10-23)12-17(18)21-19(25)14-3-2-4-15(20)11-14/h2-6,11-13H,7-10H2,1H3,(H,21,25). The molecule has 136 valence electrons. The Labute approximate surface area is 151 Å². The number of methoxy groups -OCH3 is 1. The van der Waals surface area contributed by atoms with Crippen LogP contribution in [-0.4, -0.2) is 50.5 Å². The molecule has 1 aliphatic heterocycles. The smallest absolute Gasteiger partial charge is 0.255 e. The molecule has 1 aliphatic rings. The van der Waals surface area contributed by atoms with Gasteiger partial charge in [-0.1, -0.05) is 6.07 Å². The molecular formula is C19H20FN3O3. The Balaban J connectivity index is 1.79. The summed E-state index contributed by atoms with van der Waals surface area (Å²) in [7, 11) is 1.52. The van der Waals surface area contributed by atoms with Gasteiger partial charge in [0, 0.05) is 37.4 Å². The first kappa shape index (κ1) is 17.7. The van der Waals surface area contributed by atoms with Gasteiger partial charge in [-0.05, 0) is 36.4 Å². The van der Waals surface area contributed by atoms with Crippen molar-refractivity contribution < 1.29 is 18.7 Å². The second-order valence-corrected chi connectivity index (χ2v) is 5.98. The molecule has 1 saturated heterocycles. The van der Waals surface area contributed by atoms with Gasteiger partial charge >= 0.3 is 0 Å². The van der Waals surface area contributed by atoms with E-state index in [4.69, 9.17) is 4.74 Å². The lowest BCUT2D eigenvalue weighted by Crippen LogP contribution is -2.45. The summed E-state index contributed by atoms with van der Waals surface area (Å²) in [4.78, 5) is 27.1. The number of amides is 2. The van der Waals surface area contributed by atoms with Crippen LogP contribution in [0.25, 0.3) is 0 Å². The van der Waals surface area contributed by atoms with Crippen LogP contribution >= 0.6 is 0 Å². The lowest BCUT2D eigenvalue weighted by molar-refractivity contribution is -0.118. The quantitative estimate of drug-likeness (QED) is 0.835. The number of hydrogen-bond acceptors (Lipinski definition) is 4. The average Bonchev–Trinajstić information content (AvgIpc) is 2.68. The third kappa shape index (κ3) is 3.93. The van der Waals surface area contributed by atoms with Gasteiger partial charge in [-0.25, -0.2) is 4.39 Å². The zero-order valence-electron chi connectivity index (χ0n) is 14.4. The molecule has 3 rings (SSSR count). The van der Waals surface area contributed by atoms with Crippen LogP contribution in [0.1, 0.15) is 10.4 Å². The van der Waals surface area contributed by atoms with Crippen LogP contribution in [-0.2, 0) is 4.79 Å². The number of nitrogens with one attached hydrogen (secondary N) is 1. The first-order chi connectivity index (χ1) is 12.6. The van der Waals surface area contributed by atoms with E-state index in [0.717, 1.165) is 12.1 Å². The lowest BCUT2D eigenvalue weighted by atomic mass is 10.1. The predicted octanol–water partition coefficient (Wildman–Crippen LogP) is 2.37. The van der Waals surface area contributed by atoms with E-state index in [9.17, 15) is 14.0 Å². The largest absolute Gasteiger partial charge is 0.495 e. The Hall–Kier alpha value is -3.09. The number of hydrogen-bond donors (Lipinski definition) is 1. The summed E-state index contributed by atoms with van der Waals surface area (Å²) in [5.74, 6) is -0.359. The molecule has 6 nitrogen and oxygen atoms in total. The molecule has 0 bridgehead atoms. The molecule has 2 amide bonds.